The van der Waals surface area contributed by atoms with Crippen molar-refractivity contribution in [3.05, 3.63) is 6.42 Å². The van der Waals surface area contributed by atoms with E-state index in [4.69, 9.17) is 0 Å². The van der Waals surface area contributed by atoms with Gasteiger partial charge in [0.15, 0.2) is 0 Å². The summed E-state index contributed by atoms with van der Waals surface area (Å²) in [6.45, 7) is 4.40. The molecule has 79 valence electrons. The SMILES string of the molecule is C[CH]CC(Br)CCCCCCCC. The van der Waals surface area contributed by atoms with Gasteiger partial charge in [0.1, 0.15) is 0 Å². The molecule has 0 fully saturated rings. The first-order valence-electron chi connectivity index (χ1n) is 5.73. The Bertz CT molecular complexity index is 91.1. The molecule has 0 spiro atoms. The second-order valence-corrected chi connectivity index (χ2v) is 5.09. The molecule has 0 saturated heterocycles. The molecule has 1 atom stereocenters. The Labute approximate surface area is 92.6 Å². The zero-order valence-electron chi connectivity index (χ0n) is 9.19. The van der Waals surface area contributed by atoms with E-state index in [0.717, 1.165) is 4.83 Å². The van der Waals surface area contributed by atoms with E-state index in [1.54, 1.807) is 0 Å². The zero-order valence-corrected chi connectivity index (χ0v) is 10.8. The molecule has 0 amide bonds. The Morgan fingerprint density at radius 1 is 1.08 bits per heavy atom. The van der Waals surface area contributed by atoms with Crippen LogP contribution in [0.3, 0.4) is 0 Å². The maximum atomic E-state index is 3.69. The molecule has 0 saturated carbocycles. The van der Waals surface area contributed by atoms with Crippen LogP contribution in [-0.2, 0) is 0 Å². The van der Waals surface area contributed by atoms with Gasteiger partial charge < -0.3 is 0 Å². The largest absolute Gasteiger partial charge is 0.0891 e. The van der Waals surface area contributed by atoms with Crippen molar-refractivity contribution < 1.29 is 0 Å². The first-order chi connectivity index (χ1) is 6.31. The Hall–Kier alpha value is 0.480. The summed E-state index contributed by atoms with van der Waals surface area (Å²) in [5, 5.41) is 0. The molecule has 0 bridgehead atoms. The maximum absolute atomic E-state index is 3.69. The van der Waals surface area contributed by atoms with E-state index in [2.05, 4.69) is 36.2 Å². The molecule has 0 nitrogen and oxygen atoms in total. The third-order valence-electron chi connectivity index (χ3n) is 2.36. The maximum Gasteiger partial charge on any atom is 0.0148 e. The van der Waals surface area contributed by atoms with Crippen LogP contribution in [0.25, 0.3) is 0 Å². The van der Waals surface area contributed by atoms with E-state index < -0.39 is 0 Å². The van der Waals surface area contributed by atoms with Crippen LogP contribution in [0.15, 0.2) is 0 Å². The number of rotatable bonds is 9. The van der Waals surface area contributed by atoms with Crippen LogP contribution in [0, 0.1) is 6.42 Å². The highest BCUT2D eigenvalue weighted by atomic mass is 79.9. The molecular weight excluding hydrogens is 224 g/mol. The second kappa shape index (κ2) is 10.6. The molecule has 1 heteroatoms. The average molecular weight is 248 g/mol. The minimum Gasteiger partial charge on any atom is -0.0891 e. The molecule has 0 N–H and O–H groups in total. The number of alkyl halides is 1. The molecular formula is C12H24Br. The fourth-order valence-electron chi connectivity index (χ4n) is 1.52. The first kappa shape index (κ1) is 13.5. The molecule has 0 aromatic carbocycles. The van der Waals surface area contributed by atoms with Gasteiger partial charge >= 0.3 is 0 Å². The fourth-order valence-corrected chi connectivity index (χ4v) is 2.22. The molecule has 13 heavy (non-hydrogen) atoms. The first-order valence-corrected chi connectivity index (χ1v) is 6.64. The predicted molar refractivity (Wildman–Crippen MR) is 65.3 cm³/mol. The van der Waals surface area contributed by atoms with Gasteiger partial charge in [0, 0.05) is 4.83 Å². The summed E-state index contributed by atoms with van der Waals surface area (Å²) in [6.07, 6.45) is 13.3. The molecule has 0 aliphatic rings. The van der Waals surface area contributed by atoms with Gasteiger partial charge in [-0.25, -0.2) is 0 Å². The van der Waals surface area contributed by atoms with Crippen molar-refractivity contribution in [2.24, 2.45) is 0 Å². The molecule has 0 aromatic heterocycles. The van der Waals surface area contributed by atoms with Crippen molar-refractivity contribution in [3.63, 3.8) is 0 Å². The van der Waals surface area contributed by atoms with Crippen molar-refractivity contribution in [1.29, 1.82) is 0 Å². The molecule has 0 aromatic rings. The van der Waals surface area contributed by atoms with Gasteiger partial charge in [-0.3, -0.25) is 0 Å². The number of hydrogen-bond acceptors (Lipinski definition) is 0. The van der Waals surface area contributed by atoms with E-state index in [0.29, 0.717) is 0 Å². The summed E-state index contributed by atoms with van der Waals surface area (Å²) in [5.74, 6) is 0. The van der Waals surface area contributed by atoms with Crippen LogP contribution in [0.2, 0.25) is 0 Å². The number of hydrogen-bond donors (Lipinski definition) is 0. The van der Waals surface area contributed by atoms with Crippen molar-refractivity contribution in [2.45, 2.75) is 70.0 Å². The summed E-state index contributed by atoms with van der Waals surface area (Å²) < 4.78 is 0. The van der Waals surface area contributed by atoms with E-state index in [1.165, 1.54) is 51.4 Å². The van der Waals surface area contributed by atoms with Gasteiger partial charge in [-0.15, -0.1) is 0 Å². The Morgan fingerprint density at radius 3 is 2.31 bits per heavy atom. The highest BCUT2D eigenvalue weighted by Gasteiger charge is 2.01. The standard InChI is InChI=1S/C12H24Br/c1-3-5-6-7-8-9-11-12(13)10-4-2/h4,12H,3,5-11H2,1-2H3. The quantitative estimate of drug-likeness (QED) is 0.392. The zero-order chi connectivity index (χ0) is 9.94. The smallest absolute Gasteiger partial charge is 0.0148 e. The van der Waals surface area contributed by atoms with Crippen LogP contribution in [0.1, 0.15) is 65.2 Å². The summed E-state index contributed by atoms with van der Waals surface area (Å²) in [5.41, 5.74) is 0. The highest BCUT2D eigenvalue weighted by Crippen LogP contribution is 2.16. The normalized spacial score (nSPS) is 13.2. The minimum atomic E-state index is 0.726. The Morgan fingerprint density at radius 2 is 1.69 bits per heavy atom. The molecule has 1 radical (unpaired) electrons. The fraction of sp³-hybridized carbons (Fsp3) is 0.917. The lowest BCUT2D eigenvalue weighted by Crippen LogP contribution is -1.96. The van der Waals surface area contributed by atoms with Crippen LogP contribution in [-0.4, -0.2) is 4.83 Å². The van der Waals surface area contributed by atoms with Gasteiger partial charge in [-0.2, -0.15) is 0 Å². The summed E-state index contributed by atoms with van der Waals surface area (Å²) in [6, 6.07) is 0. The Balaban J connectivity index is 2.97. The lowest BCUT2D eigenvalue weighted by molar-refractivity contribution is 0.582. The average Bonchev–Trinajstić information content (AvgIpc) is 2.11. The van der Waals surface area contributed by atoms with Gasteiger partial charge in [0.25, 0.3) is 0 Å². The van der Waals surface area contributed by atoms with Crippen molar-refractivity contribution in [1.82, 2.24) is 0 Å². The highest BCUT2D eigenvalue weighted by molar-refractivity contribution is 9.09. The third-order valence-corrected chi connectivity index (χ3v) is 3.19. The van der Waals surface area contributed by atoms with Gasteiger partial charge in [-0.05, 0) is 19.3 Å². The van der Waals surface area contributed by atoms with Crippen molar-refractivity contribution in [3.8, 4) is 0 Å². The van der Waals surface area contributed by atoms with Gasteiger partial charge in [-0.1, -0.05) is 68.3 Å². The van der Waals surface area contributed by atoms with Gasteiger partial charge in [0.05, 0.1) is 0 Å². The topological polar surface area (TPSA) is 0 Å². The summed E-state index contributed by atoms with van der Waals surface area (Å²) >= 11 is 3.69. The van der Waals surface area contributed by atoms with E-state index in [9.17, 15) is 0 Å². The van der Waals surface area contributed by atoms with Crippen LogP contribution in [0.5, 0.6) is 0 Å². The summed E-state index contributed by atoms with van der Waals surface area (Å²) in [7, 11) is 0. The van der Waals surface area contributed by atoms with Crippen LogP contribution >= 0.6 is 15.9 Å². The van der Waals surface area contributed by atoms with Crippen LogP contribution in [0.4, 0.5) is 0 Å². The third kappa shape index (κ3) is 10.4. The molecule has 0 heterocycles. The van der Waals surface area contributed by atoms with E-state index in [-0.39, 0.29) is 0 Å². The minimum absolute atomic E-state index is 0.726. The lowest BCUT2D eigenvalue weighted by atomic mass is 10.1. The lowest BCUT2D eigenvalue weighted by Gasteiger charge is -2.07. The van der Waals surface area contributed by atoms with E-state index >= 15 is 0 Å². The number of halogens is 1. The molecule has 1 unspecified atom stereocenters. The van der Waals surface area contributed by atoms with Crippen molar-refractivity contribution in [2.75, 3.05) is 0 Å². The van der Waals surface area contributed by atoms with Gasteiger partial charge in [0.2, 0.25) is 0 Å². The van der Waals surface area contributed by atoms with Crippen LogP contribution < -0.4 is 0 Å². The number of unbranched alkanes of at least 4 members (excludes halogenated alkanes) is 5. The predicted octanol–water partition coefficient (Wildman–Crippen LogP) is 5.11. The Kier molecular flexibility index (Phi) is 11.0. The monoisotopic (exact) mass is 247 g/mol. The summed E-state index contributed by atoms with van der Waals surface area (Å²) in [4.78, 5) is 0.726. The van der Waals surface area contributed by atoms with Crippen molar-refractivity contribution >= 4 is 15.9 Å². The molecule has 0 rings (SSSR count). The van der Waals surface area contributed by atoms with E-state index in [1.807, 2.05) is 0 Å². The second-order valence-electron chi connectivity index (χ2n) is 3.80. The molecule has 0 aliphatic carbocycles. The molecule has 0 aliphatic heterocycles.